The van der Waals surface area contributed by atoms with Crippen LogP contribution in [0.1, 0.15) is 5.56 Å². The van der Waals surface area contributed by atoms with E-state index in [0.29, 0.717) is 13.2 Å². The van der Waals surface area contributed by atoms with Crippen LogP contribution in [0, 0.1) is 0 Å². The van der Waals surface area contributed by atoms with E-state index < -0.39 is 9.84 Å². The molecular weight excluding hydrogens is 288 g/mol. The second-order valence-corrected chi connectivity index (χ2v) is 7.42. The fourth-order valence-electron chi connectivity index (χ4n) is 2.30. The van der Waals surface area contributed by atoms with E-state index in [0.717, 1.165) is 24.0 Å². The molecule has 5 nitrogen and oxygen atoms in total. The van der Waals surface area contributed by atoms with Crippen LogP contribution in [0.15, 0.2) is 30.5 Å². The number of benzene rings is 1. The van der Waals surface area contributed by atoms with Crippen LogP contribution in [0.25, 0.3) is 10.9 Å². The maximum Gasteiger partial charge on any atom is 0.149 e. The number of aromatic nitrogens is 1. The summed E-state index contributed by atoms with van der Waals surface area (Å²) < 4.78 is 29.6. The molecule has 6 heteroatoms. The molecule has 0 atom stereocenters. The number of fused-ring (bicyclic) bond motifs is 1. The highest BCUT2D eigenvalue weighted by molar-refractivity contribution is 7.90. The molecule has 116 valence electrons. The van der Waals surface area contributed by atoms with Gasteiger partial charge in [0.05, 0.1) is 12.4 Å². The van der Waals surface area contributed by atoms with Gasteiger partial charge in [0.1, 0.15) is 9.84 Å². The Bertz CT molecular complexity index is 692. The largest absolute Gasteiger partial charge is 0.383 e. The Morgan fingerprint density at radius 3 is 2.81 bits per heavy atom. The minimum Gasteiger partial charge on any atom is -0.383 e. The maximum atomic E-state index is 11.3. The summed E-state index contributed by atoms with van der Waals surface area (Å²) in [4.78, 5) is 0. The van der Waals surface area contributed by atoms with Crippen molar-refractivity contribution >= 4 is 20.7 Å². The van der Waals surface area contributed by atoms with Crippen molar-refractivity contribution < 1.29 is 13.2 Å². The number of nitrogens with one attached hydrogen (secondary N) is 1. The second-order valence-electron chi connectivity index (χ2n) is 5.16. The lowest BCUT2D eigenvalue weighted by Gasteiger charge is -2.08. The summed E-state index contributed by atoms with van der Waals surface area (Å²) in [6.07, 6.45) is 3.22. The van der Waals surface area contributed by atoms with E-state index in [9.17, 15) is 8.42 Å². The van der Waals surface area contributed by atoms with E-state index in [-0.39, 0.29) is 5.75 Å². The van der Waals surface area contributed by atoms with Gasteiger partial charge >= 0.3 is 0 Å². The van der Waals surface area contributed by atoms with E-state index in [1.165, 1.54) is 11.8 Å². The molecular formula is C15H22N2O3S. The maximum absolute atomic E-state index is 11.3. The van der Waals surface area contributed by atoms with E-state index in [1.54, 1.807) is 7.11 Å². The average Bonchev–Trinajstić information content (AvgIpc) is 2.84. The second kappa shape index (κ2) is 7.06. The molecule has 0 aliphatic carbocycles. The fourth-order valence-corrected chi connectivity index (χ4v) is 2.83. The van der Waals surface area contributed by atoms with Crippen LogP contribution in [0.4, 0.5) is 0 Å². The number of sulfone groups is 1. The predicted octanol–water partition coefficient (Wildman–Crippen LogP) is 1.42. The molecule has 0 saturated carbocycles. The standard InChI is InChI=1S/C15H22N2O3S/c1-20-10-7-16-12-13-4-3-5-15-14(13)6-8-17(15)9-11-21(2,18)19/h3-6,8,16H,7,9-12H2,1-2H3. The van der Waals surface area contributed by atoms with Gasteiger partial charge in [0, 0.05) is 50.1 Å². The minimum absolute atomic E-state index is 0.160. The van der Waals surface area contributed by atoms with Crippen molar-refractivity contribution in [3.63, 3.8) is 0 Å². The molecule has 0 amide bonds. The molecule has 0 spiro atoms. The third-order valence-electron chi connectivity index (χ3n) is 3.41. The molecule has 0 radical (unpaired) electrons. The van der Waals surface area contributed by atoms with Crippen LogP contribution >= 0.6 is 0 Å². The normalized spacial score (nSPS) is 12.1. The molecule has 0 saturated heterocycles. The number of hydrogen-bond acceptors (Lipinski definition) is 4. The minimum atomic E-state index is -2.95. The summed E-state index contributed by atoms with van der Waals surface area (Å²) in [5.41, 5.74) is 2.28. The molecule has 0 unspecified atom stereocenters. The zero-order chi connectivity index (χ0) is 15.3. The molecule has 0 fully saturated rings. The lowest BCUT2D eigenvalue weighted by Crippen LogP contribution is -2.18. The Kier molecular flexibility index (Phi) is 5.39. The van der Waals surface area contributed by atoms with Crippen molar-refractivity contribution in [1.82, 2.24) is 9.88 Å². The molecule has 21 heavy (non-hydrogen) atoms. The Balaban J connectivity index is 2.13. The fraction of sp³-hybridized carbons (Fsp3) is 0.467. The summed E-state index contributed by atoms with van der Waals surface area (Å²) in [7, 11) is -1.26. The summed E-state index contributed by atoms with van der Waals surface area (Å²) >= 11 is 0. The van der Waals surface area contributed by atoms with Crippen molar-refractivity contribution in [2.24, 2.45) is 0 Å². The zero-order valence-corrected chi connectivity index (χ0v) is 13.3. The third kappa shape index (κ3) is 4.56. The Morgan fingerprint density at radius 1 is 1.29 bits per heavy atom. The quantitative estimate of drug-likeness (QED) is 0.749. The first kappa shape index (κ1) is 16.0. The van der Waals surface area contributed by atoms with Gasteiger partial charge in [-0.25, -0.2) is 8.42 Å². The van der Waals surface area contributed by atoms with Crippen molar-refractivity contribution in [3.05, 3.63) is 36.0 Å². The van der Waals surface area contributed by atoms with E-state index in [1.807, 2.05) is 29.0 Å². The topological polar surface area (TPSA) is 60.3 Å². The van der Waals surface area contributed by atoms with Gasteiger partial charge in [-0.1, -0.05) is 12.1 Å². The Hall–Kier alpha value is -1.37. The van der Waals surface area contributed by atoms with E-state index in [2.05, 4.69) is 11.4 Å². The highest BCUT2D eigenvalue weighted by Crippen LogP contribution is 2.20. The lowest BCUT2D eigenvalue weighted by molar-refractivity contribution is 0.199. The van der Waals surface area contributed by atoms with Gasteiger partial charge in [-0.3, -0.25) is 0 Å². The summed E-state index contributed by atoms with van der Waals surface area (Å²) in [5.74, 6) is 0.160. The first-order valence-electron chi connectivity index (χ1n) is 6.95. The van der Waals surface area contributed by atoms with Gasteiger partial charge in [-0.2, -0.15) is 0 Å². The Labute approximate surface area is 125 Å². The van der Waals surface area contributed by atoms with Crippen molar-refractivity contribution in [3.8, 4) is 0 Å². The van der Waals surface area contributed by atoms with Gasteiger partial charge in [-0.15, -0.1) is 0 Å². The SMILES string of the molecule is COCCNCc1cccc2c1ccn2CCS(C)(=O)=O. The molecule has 2 aromatic rings. The average molecular weight is 310 g/mol. The van der Waals surface area contributed by atoms with Crippen LogP contribution in [-0.4, -0.2) is 45.3 Å². The molecule has 2 rings (SSSR count). The van der Waals surface area contributed by atoms with Crippen molar-refractivity contribution in [2.75, 3.05) is 32.3 Å². The number of ether oxygens (including phenoxy) is 1. The van der Waals surface area contributed by atoms with Gasteiger partial charge in [0.25, 0.3) is 0 Å². The number of hydrogen-bond donors (Lipinski definition) is 1. The first-order valence-corrected chi connectivity index (χ1v) is 9.01. The van der Waals surface area contributed by atoms with E-state index in [4.69, 9.17) is 4.74 Å². The van der Waals surface area contributed by atoms with Gasteiger partial charge in [0.2, 0.25) is 0 Å². The zero-order valence-electron chi connectivity index (χ0n) is 12.5. The summed E-state index contributed by atoms with van der Waals surface area (Å²) in [6, 6.07) is 8.16. The van der Waals surface area contributed by atoms with Crippen molar-refractivity contribution in [1.29, 1.82) is 0 Å². The third-order valence-corrected chi connectivity index (χ3v) is 4.33. The van der Waals surface area contributed by atoms with Gasteiger partial charge in [0.15, 0.2) is 0 Å². The van der Waals surface area contributed by atoms with Gasteiger partial charge in [-0.05, 0) is 17.7 Å². The predicted molar refractivity (Wildman–Crippen MR) is 85.2 cm³/mol. The smallest absolute Gasteiger partial charge is 0.149 e. The van der Waals surface area contributed by atoms with Crippen molar-refractivity contribution in [2.45, 2.75) is 13.1 Å². The molecule has 1 aromatic carbocycles. The van der Waals surface area contributed by atoms with Crippen LogP contribution in [0.2, 0.25) is 0 Å². The lowest BCUT2D eigenvalue weighted by atomic mass is 10.1. The number of nitrogens with zero attached hydrogens (tertiary/aromatic N) is 1. The van der Waals surface area contributed by atoms with E-state index >= 15 is 0 Å². The summed E-state index contributed by atoms with van der Waals surface area (Å²) in [6.45, 7) is 2.76. The number of rotatable bonds is 8. The molecule has 0 bridgehead atoms. The molecule has 0 aliphatic heterocycles. The van der Waals surface area contributed by atoms with Crippen LogP contribution in [0.3, 0.4) is 0 Å². The highest BCUT2D eigenvalue weighted by atomic mass is 32.2. The van der Waals surface area contributed by atoms with Crippen LogP contribution < -0.4 is 5.32 Å². The molecule has 1 N–H and O–H groups in total. The highest BCUT2D eigenvalue weighted by Gasteiger charge is 2.08. The van der Waals surface area contributed by atoms with Gasteiger partial charge < -0.3 is 14.6 Å². The Morgan fingerprint density at radius 2 is 2.10 bits per heavy atom. The monoisotopic (exact) mass is 310 g/mol. The number of methoxy groups -OCH3 is 1. The molecule has 0 aliphatic rings. The molecule has 1 aromatic heterocycles. The summed E-state index contributed by atoms with van der Waals surface area (Å²) in [5, 5.41) is 4.49. The molecule has 1 heterocycles. The van der Waals surface area contributed by atoms with Crippen LogP contribution in [-0.2, 0) is 27.7 Å². The van der Waals surface area contributed by atoms with Crippen LogP contribution in [0.5, 0.6) is 0 Å². The first-order chi connectivity index (χ1) is 10.0. The number of aryl methyl sites for hydroxylation is 1.